The summed E-state index contributed by atoms with van der Waals surface area (Å²) in [5.41, 5.74) is 0. The summed E-state index contributed by atoms with van der Waals surface area (Å²) >= 11 is 0. The molecule has 0 saturated heterocycles. The van der Waals surface area contributed by atoms with Gasteiger partial charge in [-0.3, -0.25) is 9.59 Å². The molecule has 3 atom stereocenters. The molecule has 2 fully saturated rings. The molecule has 2 N–H and O–H groups in total. The van der Waals surface area contributed by atoms with Gasteiger partial charge in [0.1, 0.15) is 0 Å². The molecule has 0 aliphatic heterocycles. The van der Waals surface area contributed by atoms with Crippen molar-refractivity contribution >= 4 is 11.8 Å². The summed E-state index contributed by atoms with van der Waals surface area (Å²) in [5, 5.41) is 12.9. The first-order valence-electron chi connectivity index (χ1n) is 8.37. The Morgan fingerprint density at radius 1 is 1.27 bits per heavy atom. The largest absolute Gasteiger partial charge is 0.393 e. The Balaban J connectivity index is 1.87. The highest BCUT2D eigenvalue weighted by Gasteiger charge is 2.44. The van der Waals surface area contributed by atoms with Gasteiger partial charge in [0.25, 0.3) is 0 Å². The Kier molecular flexibility index (Phi) is 6.00. The van der Waals surface area contributed by atoms with Crippen LogP contribution in [-0.4, -0.2) is 47.6 Å². The van der Waals surface area contributed by atoms with E-state index in [1.54, 1.807) is 11.9 Å². The average Bonchev–Trinajstić information content (AvgIpc) is 3.21. The van der Waals surface area contributed by atoms with E-state index in [0.717, 1.165) is 32.1 Å². The molecule has 0 radical (unpaired) electrons. The lowest BCUT2D eigenvalue weighted by Gasteiger charge is -2.24. The molecule has 0 aromatic heterocycles. The number of carbonyl (C=O) groups excluding carboxylic acids is 2. The van der Waals surface area contributed by atoms with E-state index in [1.165, 1.54) is 0 Å². The molecule has 5 nitrogen and oxygen atoms in total. The topological polar surface area (TPSA) is 69.6 Å². The van der Waals surface area contributed by atoms with Gasteiger partial charge in [-0.2, -0.15) is 0 Å². The van der Waals surface area contributed by atoms with E-state index < -0.39 is 6.10 Å². The highest BCUT2D eigenvalue weighted by Crippen LogP contribution is 2.34. The number of nitrogens with one attached hydrogen (secondary N) is 1. The summed E-state index contributed by atoms with van der Waals surface area (Å²) in [7, 11) is 1.79. The van der Waals surface area contributed by atoms with Crippen molar-refractivity contribution < 1.29 is 14.7 Å². The van der Waals surface area contributed by atoms with E-state index in [1.807, 2.05) is 6.08 Å². The van der Waals surface area contributed by atoms with Gasteiger partial charge in [0, 0.05) is 19.6 Å². The molecule has 5 heteroatoms. The fourth-order valence-electron chi connectivity index (χ4n) is 3.14. The number of unbranched alkanes of at least 4 members (excludes halogenated alkanes) is 2. The third-order valence-corrected chi connectivity index (χ3v) is 4.64. The number of aliphatic hydroxyl groups excluding tert-OH is 1. The normalized spacial score (nSPS) is 27.5. The molecule has 0 aromatic rings. The van der Waals surface area contributed by atoms with Crippen molar-refractivity contribution in [1.29, 1.82) is 0 Å². The molecule has 2 saturated carbocycles. The minimum absolute atomic E-state index is 0.00824. The minimum atomic E-state index is -0.543. The number of nitrogens with zero attached hydrogens (tertiary/aromatic N) is 1. The lowest BCUT2D eigenvalue weighted by atomic mass is 9.93. The van der Waals surface area contributed by atoms with E-state index >= 15 is 0 Å². The smallest absolute Gasteiger partial charge is 0.226 e. The Labute approximate surface area is 132 Å². The first-order chi connectivity index (χ1) is 10.5. The van der Waals surface area contributed by atoms with E-state index in [4.69, 9.17) is 0 Å². The summed E-state index contributed by atoms with van der Waals surface area (Å²) in [4.78, 5) is 26.6. The van der Waals surface area contributed by atoms with Crippen LogP contribution in [0.4, 0.5) is 0 Å². The molecule has 124 valence electrons. The second-order valence-electron chi connectivity index (χ2n) is 6.67. The molecule has 0 aromatic carbocycles. The Morgan fingerprint density at radius 3 is 2.59 bits per heavy atom. The van der Waals surface area contributed by atoms with Crippen LogP contribution in [0.25, 0.3) is 0 Å². The van der Waals surface area contributed by atoms with Crippen LogP contribution < -0.4 is 5.32 Å². The molecule has 2 amide bonds. The van der Waals surface area contributed by atoms with Crippen LogP contribution in [0.5, 0.6) is 0 Å². The molecular formula is C17H28N2O3. The lowest BCUT2D eigenvalue weighted by Crippen LogP contribution is -2.41. The van der Waals surface area contributed by atoms with E-state index in [-0.39, 0.29) is 29.7 Å². The van der Waals surface area contributed by atoms with Crippen LogP contribution in [0.15, 0.2) is 12.7 Å². The van der Waals surface area contributed by atoms with Crippen molar-refractivity contribution in [3.05, 3.63) is 12.7 Å². The fraction of sp³-hybridized carbons (Fsp3) is 0.765. The number of amides is 2. The van der Waals surface area contributed by atoms with Crippen LogP contribution in [0.3, 0.4) is 0 Å². The maximum Gasteiger partial charge on any atom is 0.226 e. The Bertz CT molecular complexity index is 420. The summed E-state index contributed by atoms with van der Waals surface area (Å²) in [5.74, 6) is -0.819. The second-order valence-corrected chi connectivity index (χ2v) is 6.67. The molecule has 0 bridgehead atoms. The van der Waals surface area contributed by atoms with Gasteiger partial charge < -0.3 is 15.3 Å². The molecule has 0 heterocycles. The average molecular weight is 308 g/mol. The first kappa shape index (κ1) is 17.0. The predicted molar refractivity (Wildman–Crippen MR) is 85.1 cm³/mol. The third kappa shape index (κ3) is 4.57. The van der Waals surface area contributed by atoms with E-state index in [2.05, 4.69) is 11.9 Å². The van der Waals surface area contributed by atoms with Crippen LogP contribution in [0.2, 0.25) is 0 Å². The van der Waals surface area contributed by atoms with Crippen molar-refractivity contribution in [2.45, 2.75) is 57.1 Å². The van der Waals surface area contributed by atoms with Gasteiger partial charge in [-0.15, -0.1) is 6.58 Å². The van der Waals surface area contributed by atoms with Crippen LogP contribution in [0.1, 0.15) is 44.9 Å². The number of hydrogen-bond acceptors (Lipinski definition) is 3. The van der Waals surface area contributed by atoms with Gasteiger partial charge in [-0.25, -0.2) is 0 Å². The Morgan fingerprint density at radius 2 is 1.95 bits per heavy atom. The maximum absolute atomic E-state index is 12.6. The molecule has 2 aliphatic rings. The molecule has 2 rings (SSSR count). The number of hydrogen-bond donors (Lipinski definition) is 2. The van der Waals surface area contributed by atoms with Crippen molar-refractivity contribution in [3.63, 3.8) is 0 Å². The Hall–Kier alpha value is -1.36. The zero-order chi connectivity index (χ0) is 16.1. The van der Waals surface area contributed by atoms with Crippen molar-refractivity contribution in [2.75, 3.05) is 13.6 Å². The standard InChI is InChI=1S/C17H28N2O3/c1-3-4-5-6-9-19(2)17(22)15-11-13(20)10-14(15)16(21)18-12-7-8-12/h3,12-15,20H,1,4-11H2,2H3,(H,18,21)/t13?,14?,15-/m1/s1. The van der Waals surface area contributed by atoms with Crippen LogP contribution >= 0.6 is 0 Å². The van der Waals surface area contributed by atoms with Gasteiger partial charge >= 0.3 is 0 Å². The van der Waals surface area contributed by atoms with Crippen molar-refractivity contribution in [1.82, 2.24) is 10.2 Å². The maximum atomic E-state index is 12.6. The summed E-state index contributed by atoms with van der Waals surface area (Å²) in [6, 6.07) is 0.289. The quantitative estimate of drug-likeness (QED) is 0.527. The highest BCUT2D eigenvalue weighted by molar-refractivity contribution is 5.88. The van der Waals surface area contributed by atoms with Crippen LogP contribution in [-0.2, 0) is 9.59 Å². The number of allylic oxidation sites excluding steroid dienone is 1. The first-order valence-corrected chi connectivity index (χ1v) is 8.37. The van der Waals surface area contributed by atoms with Gasteiger partial charge in [-0.1, -0.05) is 6.08 Å². The zero-order valence-corrected chi connectivity index (χ0v) is 13.5. The third-order valence-electron chi connectivity index (χ3n) is 4.64. The molecular weight excluding hydrogens is 280 g/mol. The van der Waals surface area contributed by atoms with E-state index in [9.17, 15) is 14.7 Å². The lowest BCUT2D eigenvalue weighted by molar-refractivity contribution is -0.139. The number of carbonyl (C=O) groups is 2. The minimum Gasteiger partial charge on any atom is -0.393 e. The highest BCUT2D eigenvalue weighted by atomic mass is 16.3. The monoisotopic (exact) mass is 308 g/mol. The molecule has 2 unspecified atom stereocenters. The van der Waals surface area contributed by atoms with Crippen molar-refractivity contribution in [2.24, 2.45) is 11.8 Å². The molecule has 22 heavy (non-hydrogen) atoms. The fourth-order valence-corrected chi connectivity index (χ4v) is 3.14. The predicted octanol–water partition coefficient (Wildman–Crippen LogP) is 1.47. The summed E-state index contributed by atoms with van der Waals surface area (Å²) in [6.07, 6.45) is 7.11. The van der Waals surface area contributed by atoms with Gasteiger partial charge in [-0.05, 0) is 44.9 Å². The van der Waals surface area contributed by atoms with Crippen molar-refractivity contribution in [3.8, 4) is 0 Å². The van der Waals surface area contributed by atoms with Gasteiger partial charge in [0.2, 0.25) is 11.8 Å². The molecule has 2 aliphatic carbocycles. The summed E-state index contributed by atoms with van der Waals surface area (Å²) in [6.45, 7) is 4.38. The second kappa shape index (κ2) is 7.77. The van der Waals surface area contributed by atoms with E-state index in [0.29, 0.717) is 19.4 Å². The summed E-state index contributed by atoms with van der Waals surface area (Å²) < 4.78 is 0. The van der Waals surface area contributed by atoms with Gasteiger partial charge in [0.15, 0.2) is 0 Å². The van der Waals surface area contributed by atoms with Gasteiger partial charge in [0.05, 0.1) is 17.9 Å². The molecule has 0 spiro atoms. The number of aliphatic hydroxyl groups is 1. The number of rotatable bonds is 8. The van der Waals surface area contributed by atoms with Crippen LogP contribution in [0, 0.1) is 11.8 Å². The SMILES string of the molecule is C=CCCCCN(C)C(=O)[C@@H]1CC(O)CC1C(=O)NC1CC1. The zero-order valence-electron chi connectivity index (χ0n) is 13.5.